The Bertz CT molecular complexity index is 598. The lowest BCUT2D eigenvalue weighted by Crippen LogP contribution is -2.26. The van der Waals surface area contributed by atoms with Crippen LogP contribution in [0.25, 0.3) is 0 Å². The van der Waals surface area contributed by atoms with Gasteiger partial charge in [0, 0.05) is 43.3 Å². The largest absolute Gasteiger partial charge is 0.312 e. The third kappa shape index (κ3) is 4.69. The van der Waals surface area contributed by atoms with Gasteiger partial charge < -0.3 is 5.32 Å². The normalized spacial score (nSPS) is 21.5. The number of nitrogens with one attached hydrogen (secondary N) is 2. The number of aromatic nitrogens is 2. The van der Waals surface area contributed by atoms with Crippen molar-refractivity contribution < 1.29 is 0 Å². The Morgan fingerprint density at radius 2 is 2.39 bits per heavy atom. The number of aliphatic imine (C=N–C) groups is 2. The van der Waals surface area contributed by atoms with Crippen LogP contribution in [0.15, 0.2) is 28.5 Å². The summed E-state index contributed by atoms with van der Waals surface area (Å²) in [6, 6.07) is 0.406. The molecule has 124 valence electrons. The first-order valence-corrected chi connectivity index (χ1v) is 8.10. The molecule has 0 radical (unpaired) electrons. The van der Waals surface area contributed by atoms with Gasteiger partial charge in [0.2, 0.25) is 0 Å². The van der Waals surface area contributed by atoms with E-state index in [0.29, 0.717) is 17.8 Å². The summed E-state index contributed by atoms with van der Waals surface area (Å²) in [5.74, 6) is 0.896. The Hall–Kier alpha value is -2.08. The second-order valence-corrected chi connectivity index (χ2v) is 5.86. The Balaban J connectivity index is 1.88. The zero-order valence-electron chi connectivity index (χ0n) is 14.0. The summed E-state index contributed by atoms with van der Waals surface area (Å²) in [4.78, 5) is 8.18. The van der Waals surface area contributed by atoms with E-state index >= 15 is 0 Å². The highest BCUT2D eigenvalue weighted by Gasteiger charge is 2.25. The van der Waals surface area contributed by atoms with E-state index in [0.717, 1.165) is 30.8 Å². The molecule has 0 spiro atoms. The lowest BCUT2D eigenvalue weighted by molar-refractivity contribution is 0.444. The number of hydrogen-bond acceptors (Lipinski definition) is 5. The number of rotatable bonds is 7. The minimum absolute atomic E-state index is 0.302. The summed E-state index contributed by atoms with van der Waals surface area (Å²) in [6.45, 7) is 9.22. The van der Waals surface area contributed by atoms with Crippen LogP contribution in [0.4, 0.5) is 0 Å². The van der Waals surface area contributed by atoms with E-state index in [1.807, 2.05) is 20.0 Å². The molecule has 1 aliphatic carbocycles. The van der Waals surface area contributed by atoms with Crippen molar-refractivity contribution in [2.45, 2.75) is 45.7 Å². The van der Waals surface area contributed by atoms with E-state index in [1.165, 1.54) is 12.8 Å². The fourth-order valence-electron chi connectivity index (χ4n) is 2.96. The minimum Gasteiger partial charge on any atom is -0.312 e. The van der Waals surface area contributed by atoms with Gasteiger partial charge in [-0.3, -0.25) is 15.4 Å². The van der Waals surface area contributed by atoms with Gasteiger partial charge in [-0.05, 0) is 39.3 Å². The van der Waals surface area contributed by atoms with Crippen LogP contribution in [-0.4, -0.2) is 41.1 Å². The number of aryl methyl sites for hydroxylation is 1. The molecule has 1 fully saturated rings. The Kier molecular flexibility index (Phi) is 6.40. The summed E-state index contributed by atoms with van der Waals surface area (Å²) in [7, 11) is 0. The van der Waals surface area contributed by atoms with Crippen molar-refractivity contribution in [3.63, 3.8) is 0 Å². The van der Waals surface area contributed by atoms with Crippen LogP contribution in [0.2, 0.25) is 0 Å². The lowest BCUT2D eigenvalue weighted by Gasteiger charge is -2.15. The van der Waals surface area contributed by atoms with Crippen molar-refractivity contribution in [2.75, 3.05) is 6.54 Å². The van der Waals surface area contributed by atoms with E-state index in [9.17, 15) is 0 Å². The zero-order valence-corrected chi connectivity index (χ0v) is 14.0. The fourth-order valence-corrected chi connectivity index (χ4v) is 2.96. The van der Waals surface area contributed by atoms with Crippen LogP contribution in [0.1, 0.15) is 37.4 Å². The van der Waals surface area contributed by atoms with Gasteiger partial charge in [-0.2, -0.15) is 5.10 Å². The molecule has 6 heteroatoms. The first-order chi connectivity index (χ1) is 11.2. The van der Waals surface area contributed by atoms with Crippen LogP contribution < -0.4 is 5.32 Å². The van der Waals surface area contributed by atoms with Crippen molar-refractivity contribution in [1.29, 1.82) is 5.41 Å². The second kappa shape index (κ2) is 8.53. The third-order valence-electron chi connectivity index (χ3n) is 4.29. The maximum Gasteiger partial charge on any atom is 0.147 e. The van der Waals surface area contributed by atoms with E-state index < -0.39 is 0 Å². The quantitative estimate of drug-likeness (QED) is 0.599. The highest BCUT2D eigenvalue weighted by Crippen LogP contribution is 2.27. The van der Waals surface area contributed by atoms with Gasteiger partial charge in [0.25, 0.3) is 0 Å². The fraction of sp³-hybridized carbons (Fsp3) is 0.529. The number of allylic oxidation sites excluding steroid dienone is 1. The van der Waals surface area contributed by atoms with E-state index in [-0.39, 0.29) is 0 Å². The average molecular weight is 314 g/mol. The van der Waals surface area contributed by atoms with Crippen molar-refractivity contribution >= 4 is 18.8 Å². The van der Waals surface area contributed by atoms with Crippen LogP contribution in [0.3, 0.4) is 0 Å². The molecule has 2 N–H and O–H groups in total. The van der Waals surface area contributed by atoms with Gasteiger partial charge in [-0.1, -0.05) is 6.42 Å². The maximum absolute atomic E-state index is 7.98. The van der Waals surface area contributed by atoms with Gasteiger partial charge in [-0.25, -0.2) is 4.68 Å². The molecule has 1 saturated carbocycles. The molecule has 0 aromatic carbocycles. The van der Waals surface area contributed by atoms with Gasteiger partial charge >= 0.3 is 0 Å². The van der Waals surface area contributed by atoms with Crippen LogP contribution in [0.5, 0.6) is 0 Å². The molecule has 1 aliphatic rings. The summed E-state index contributed by atoms with van der Waals surface area (Å²) in [5.41, 5.74) is 2.06. The maximum atomic E-state index is 7.98. The van der Waals surface area contributed by atoms with Gasteiger partial charge in [0.1, 0.15) is 5.84 Å². The number of nitrogens with zero attached hydrogens (tertiary/aromatic N) is 4. The molecular formula is C17H26N6. The van der Waals surface area contributed by atoms with Crippen molar-refractivity contribution in [3.8, 4) is 0 Å². The smallest absolute Gasteiger partial charge is 0.147 e. The second-order valence-electron chi connectivity index (χ2n) is 5.86. The van der Waals surface area contributed by atoms with Crippen molar-refractivity contribution in [1.82, 2.24) is 15.1 Å². The van der Waals surface area contributed by atoms with Crippen molar-refractivity contribution in [3.05, 3.63) is 29.7 Å². The van der Waals surface area contributed by atoms with Gasteiger partial charge in [0.05, 0.1) is 11.7 Å². The van der Waals surface area contributed by atoms with E-state index in [4.69, 9.17) is 5.41 Å². The Morgan fingerprint density at radius 3 is 3.13 bits per heavy atom. The molecule has 1 aromatic rings. The molecule has 1 heterocycles. The number of hydrogen-bond donors (Lipinski definition) is 2. The lowest BCUT2D eigenvalue weighted by atomic mass is 10.0. The predicted octanol–water partition coefficient (Wildman–Crippen LogP) is 2.58. The highest BCUT2D eigenvalue weighted by molar-refractivity contribution is 5.91. The van der Waals surface area contributed by atoms with Gasteiger partial charge in [0.15, 0.2) is 0 Å². The molecule has 1 aromatic heterocycles. The Morgan fingerprint density at radius 1 is 1.57 bits per heavy atom. The van der Waals surface area contributed by atoms with Crippen molar-refractivity contribution in [2.24, 2.45) is 15.9 Å². The van der Waals surface area contributed by atoms with E-state index in [2.05, 4.69) is 27.1 Å². The summed E-state index contributed by atoms with van der Waals surface area (Å²) in [6.07, 6.45) is 10.4. The predicted molar refractivity (Wildman–Crippen MR) is 95.8 cm³/mol. The first kappa shape index (κ1) is 17.3. The topological polar surface area (TPSA) is 78.4 Å². The van der Waals surface area contributed by atoms with Crippen LogP contribution in [0, 0.1) is 18.3 Å². The zero-order chi connectivity index (χ0) is 16.7. The van der Waals surface area contributed by atoms with Crippen LogP contribution >= 0.6 is 0 Å². The first-order valence-electron chi connectivity index (χ1n) is 8.10. The molecule has 23 heavy (non-hydrogen) atoms. The summed E-state index contributed by atoms with van der Waals surface area (Å²) in [5, 5.41) is 15.9. The monoisotopic (exact) mass is 314 g/mol. The SMILES string of the molecule is C=NC1CCCC1CNCc1cn(C(=N)/C=C\N=CC)nc1C. The standard InChI is InChI=1S/C17H26N6/c1-4-20-9-8-17(18)23-12-15(13(2)22-23)11-21-10-14-6-5-7-16(14)19-3/h4,8-9,12,14,16,18,21H,3,5-7,10-11H2,1-2H3/b9-8-,18-17?,20-4?. The molecule has 0 amide bonds. The third-order valence-corrected chi connectivity index (χ3v) is 4.29. The van der Waals surface area contributed by atoms with E-state index in [1.54, 1.807) is 23.2 Å². The Labute approximate surface area is 137 Å². The molecule has 2 rings (SSSR count). The summed E-state index contributed by atoms with van der Waals surface area (Å²) < 4.78 is 1.58. The van der Waals surface area contributed by atoms with Crippen LogP contribution in [-0.2, 0) is 6.54 Å². The van der Waals surface area contributed by atoms with Gasteiger partial charge in [-0.15, -0.1) is 0 Å². The molecule has 0 bridgehead atoms. The minimum atomic E-state index is 0.302. The molecule has 6 nitrogen and oxygen atoms in total. The molecule has 2 unspecified atom stereocenters. The highest BCUT2D eigenvalue weighted by atomic mass is 15.3. The molecule has 0 aliphatic heterocycles. The molecule has 0 saturated heterocycles. The average Bonchev–Trinajstić information content (AvgIpc) is 3.14. The molecular weight excluding hydrogens is 288 g/mol. The molecule has 2 atom stereocenters. The summed E-state index contributed by atoms with van der Waals surface area (Å²) >= 11 is 0.